The molecule has 0 aliphatic rings. The summed E-state index contributed by atoms with van der Waals surface area (Å²) >= 11 is 6.77. The first kappa shape index (κ1) is 16.5. The van der Waals surface area contributed by atoms with Crippen LogP contribution in [-0.4, -0.2) is 19.1 Å². The molecule has 0 unspecified atom stereocenters. The van der Waals surface area contributed by atoms with Gasteiger partial charge in [-0.1, -0.05) is 20.8 Å². The molecule has 0 fully saturated rings. The number of hydrogen-bond donors (Lipinski definition) is 2. The maximum absolute atomic E-state index is 12.1. The van der Waals surface area contributed by atoms with Gasteiger partial charge in [0, 0.05) is 10.5 Å². The quantitative estimate of drug-likeness (QED) is 0.825. The van der Waals surface area contributed by atoms with Crippen molar-refractivity contribution in [2.24, 2.45) is 11.1 Å². The van der Waals surface area contributed by atoms with Crippen LogP contribution in [0.1, 0.15) is 20.8 Å². The third-order valence-corrected chi connectivity index (χ3v) is 3.99. The van der Waals surface area contributed by atoms with Gasteiger partial charge in [0.1, 0.15) is 5.75 Å². The number of ether oxygens (including phenoxy) is 1. The lowest BCUT2D eigenvalue weighted by atomic mass is 9.87. The van der Waals surface area contributed by atoms with Crippen LogP contribution in [0.4, 0.5) is 5.69 Å². The van der Waals surface area contributed by atoms with Gasteiger partial charge in [-0.3, -0.25) is 4.79 Å². The van der Waals surface area contributed by atoms with Crippen LogP contribution in [0.15, 0.2) is 21.1 Å². The van der Waals surface area contributed by atoms with Gasteiger partial charge in [-0.2, -0.15) is 0 Å². The molecule has 0 bridgehead atoms. The highest BCUT2D eigenvalue weighted by molar-refractivity contribution is 9.11. The fourth-order valence-electron chi connectivity index (χ4n) is 1.39. The molecule has 1 amide bonds. The second-order valence-electron chi connectivity index (χ2n) is 5.30. The van der Waals surface area contributed by atoms with Crippen molar-refractivity contribution in [3.05, 3.63) is 21.1 Å². The zero-order valence-electron chi connectivity index (χ0n) is 11.4. The molecular weight excluding hydrogens is 376 g/mol. The van der Waals surface area contributed by atoms with E-state index < -0.39 is 6.04 Å². The fourth-order valence-corrected chi connectivity index (χ4v) is 2.64. The monoisotopic (exact) mass is 392 g/mol. The van der Waals surface area contributed by atoms with E-state index in [2.05, 4.69) is 37.2 Å². The van der Waals surface area contributed by atoms with Crippen LogP contribution in [0.5, 0.6) is 5.75 Å². The molecule has 6 heteroatoms. The molecular formula is C13H18Br2N2O2. The Morgan fingerprint density at radius 1 is 1.32 bits per heavy atom. The van der Waals surface area contributed by atoms with Crippen molar-refractivity contribution in [3.63, 3.8) is 0 Å². The van der Waals surface area contributed by atoms with E-state index >= 15 is 0 Å². The van der Waals surface area contributed by atoms with E-state index in [0.29, 0.717) is 11.4 Å². The standard InChI is InChI=1S/C13H18Br2N2O2/c1-13(2,3)11(16)12(18)17-9-6-10(19-4)8(15)5-7(9)14/h5-6,11H,16H2,1-4H3,(H,17,18)/t11-/m0/s1. The maximum Gasteiger partial charge on any atom is 0.241 e. The second-order valence-corrected chi connectivity index (χ2v) is 7.01. The Morgan fingerprint density at radius 3 is 2.37 bits per heavy atom. The van der Waals surface area contributed by atoms with Gasteiger partial charge in [0.2, 0.25) is 5.91 Å². The van der Waals surface area contributed by atoms with Crippen LogP contribution in [-0.2, 0) is 4.79 Å². The summed E-state index contributed by atoms with van der Waals surface area (Å²) < 4.78 is 6.76. The number of rotatable bonds is 3. The number of anilines is 1. The highest BCUT2D eigenvalue weighted by Crippen LogP contribution is 2.34. The minimum atomic E-state index is -0.589. The van der Waals surface area contributed by atoms with Gasteiger partial charge in [0.25, 0.3) is 0 Å². The van der Waals surface area contributed by atoms with E-state index in [1.807, 2.05) is 26.8 Å². The van der Waals surface area contributed by atoms with Gasteiger partial charge in [0.05, 0.1) is 23.3 Å². The summed E-state index contributed by atoms with van der Waals surface area (Å²) in [7, 11) is 1.57. The molecule has 106 valence electrons. The molecule has 0 spiro atoms. The molecule has 0 aromatic heterocycles. The molecule has 19 heavy (non-hydrogen) atoms. The van der Waals surface area contributed by atoms with Crippen LogP contribution in [0.3, 0.4) is 0 Å². The number of halogens is 2. The Labute approximate surface area is 130 Å². The normalized spacial score (nSPS) is 13.0. The summed E-state index contributed by atoms with van der Waals surface area (Å²) in [4.78, 5) is 12.1. The first-order valence-electron chi connectivity index (χ1n) is 5.76. The Kier molecular flexibility index (Phi) is 5.41. The van der Waals surface area contributed by atoms with E-state index in [4.69, 9.17) is 10.5 Å². The molecule has 1 rings (SSSR count). The zero-order valence-corrected chi connectivity index (χ0v) is 14.6. The summed E-state index contributed by atoms with van der Waals surface area (Å²) in [6, 6.07) is 2.97. The van der Waals surface area contributed by atoms with E-state index in [9.17, 15) is 4.79 Å². The van der Waals surface area contributed by atoms with E-state index in [-0.39, 0.29) is 11.3 Å². The summed E-state index contributed by atoms with van der Waals surface area (Å²) in [5.41, 5.74) is 6.26. The minimum Gasteiger partial charge on any atom is -0.495 e. The third-order valence-electron chi connectivity index (χ3n) is 2.71. The number of methoxy groups -OCH3 is 1. The third kappa shape index (κ3) is 4.19. The number of amides is 1. The minimum absolute atomic E-state index is 0.224. The lowest BCUT2D eigenvalue weighted by molar-refractivity contribution is -0.119. The van der Waals surface area contributed by atoms with E-state index in [0.717, 1.165) is 8.95 Å². The van der Waals surface area contributed by atoms with Crippen molar-refractivity contribution >= 4 is 43.5 Å². The zero-order chi connectivity index (χ0) is 14.8. The van der Waals surface area contributed by atoms with Crippen LogP contribution >= 0.6 is 31.9 Å². The Hall–Kier alpha value is -0.590. The lowest BCUT2D eigenvalue weighted by Crippen LogP contribution is -2.45. The Morgan fingerprint density at radius 2 is 1.89 bits per heavy atom. The number of nitrogens with one attached hydrogen (secondary N) is 1. The molecule has 1 aromatic carbocycles. The second kappa shape index (κ2) is 6.24. The van der Waals surface area contributed by atoms with Crippen molar-refractivity contribution in [3.8, 4) is 5.75 Å². The number of benzene rings is 1. The summed E-state index contributed by atoms with van der Waals surface area (Å²) in [5, 5.41) is 2.81. The molecule has 0 saturated carbocycles. The first-order chi connectivity index (χ1) is 8.66. The molecule has 3 N–H and O–H groups in total. The van der Waals surface area contributed by atoms with Crippen molar-refractivity contribution in [2.45, 2.75) is 26.8 Å². The fraction of sp³-hybridized carbons (Fsp3) is 0.462. The molecule has 0 aliphatic carbocycles. The van der Waals surface area contributed by atoms with Gasteiger partial charge in [-0.15, -0.1) is 0 Å². The number of carbonyl (C=O) groups is 1. The van der Waals surface area contributed by atoms with Crippen LogP contribution < -0.4 is 15.8 Å². The Balaban J connectivity index is 2.97. The SMILES string of the molecule is COc1cc(NC(=O)[C@H](N)C(C)(C)C)c(Br)cc1Br. The molecule has 1 aromatic rings. The predicted molar refractivity (Wildman–Crippen MR) is 84.5 cm³/mol. The van der Waals surface area contributed by atoms with Crippen molar-refractivity contribution in [1.82, 2.24) is 0 Å². The molecule has 1 atom stereocenters. The summed E-state index contributed by atoms with van der Waals surface area (Å²) in [6.45, 7) is 5.78. The highest BCUT2D eigenvalue weighted by atomic mass is 79.9. The average Bonchev–Trinajstić information content (AvgIpc) is 2.30. The van der Waals surface area contributed by atoms with Gasteiger partial charge in [0.15, 0.2) is 0 Å². The van der Waals surface area contributed by atoms with Crippen LogP contribution in [0.2, 0.25) is 0 Å². The number of nitrogens with two attached hydrogens (primary N) is 1. The lowest BCUT2D eigenvalue weighted by Gasteiger charge is -2.26. The largest absolute Gasteiger partial charge is 0.495 e. The molecule has 0 aliphatic heterocycles. The number of hydrogen-bond acceptors (Lipinski definition) is 3. The maximum atomic E-state index is 12.1. The smallest absolute Gasteiger partial charge is 0.241 e. The average molecular weight is 394 g/mol. The van der Waals surface area contributed by atoms with Gasteiger partial charge < -0.3 is 15.8 Å². The molecule has 0 heterocycles. The topological polar surface area (TPSA) is 64.3 Å². The van der Waals surface area contributed by atoms with Crippen LogP contribution in [0.25, 0.3) is 0 Å². The van der Waals surface area contributed by atoms with Gasteiger partial charge in [-0.25, -0.2) is 0 Å². The molecule has 4 nitrogen and oxygen atoms in total. The first-order valence-corrected chi connectivity index (χ1v) is 7.35. The van der Waals surface area contributed by atoms with Crippen molar-refractivity contribution in [2.75, 3.05) is 12.4 Å². The molecule has 0 saturated heterocycles. The number of carbonyl (C=O) groups excluding carboxylic acids is 1. The molecule has 0 radical (unpaired) electrons. The summed E-state index contributed by atoms with van der Waals surface area (Å²) in [6.07, 6.45) is 0. The van der Waals surface area contributed by atoms with Gasteiger partial charge >= 0.3 is 0 Å². The van der Waals surface area contributed by atoms with Crippen molar-refractivity contribution in [1.29, 1.82) is 0 Å². The predicted octanol–water partition coefficient (Wildman–Crippen LogP) is 3.53. The van der Waals surface area contributed by atoms with Crippen molar-refractivity contribution < 1.29 is 9.53 Å². The van der Waals surface area contributed by atoms with Gasteiger partial charge in [-0.05, 0) is 43.3 Å². The van der Waals surface area contributed by atoms with E-state index in [1.165, 1.54) is 0 Å². The summed E-state index contributed by atoms with van der Waals surface area (Å²) in [5.74, 6) is 0.417. The van der Waals surface area contributed by atoms with Crippen LogP contribution in [0, 0.1) is 5.41 Å². The Bertz CT molecular complexity index is 484. The van der Waals surface area contributed by atoms with E-state index in [1.54, 1.807) is 13.2 Å². The highest BCUT2D eigenvalue weighted by Gasteiger charge is 2.27.